The van der Waals surface area contributed by atoms with E-state index in [1.54, 1.807) is 29.8 Å². The topological polar surface area (TPSA) is 37.8 Å². The minimum absolute atomic E-state index is 0.159. The Balaban J connectivity index is 1.73. The molecule has 1 aromatic carbocycles. The predicted octanol–water partition coefficient (Wildman–Crippen LogP) is 3.79. The van der Waals surface area contributed by atoms with E-state index in [0.29, 0.717) is 18.5 Å². The number of rotatable bonds is 4. The summed E-state index contributed by atoms with van der Waals surface area (Å²) >= 11 is 1.65. The number of nitrogens with one attached hydrogen (secondary N) is 1. The molecule has 2 aromatic heterocycles. The Bertz CT molecular complexity index is 739. The lowest BCUT2D eigenvalue weighted by Gasteiger charge is -2.07. The van der Waals surface area contributed by atoms with Gasteiger partial charge in [-0.25, -0.2) is 14.4 Å². The van der Waals surface area contributed by atoms with E-state index >= 15 is 0 Å². The van der Waals surface area contributed by atoms with Gasteiger partial charge in [0, 0.05) is 11.4 Å². The maximum atomic E-state index is 13.5. The summed E-state index contributed by atoms with van der Waals surface area (Å²) in [6, 6.07) is 8.92. The zero-order valence-electron chi connectivity index (χ0n) is 11.1. The van der Waals surface area contributed by atoms with E-state index in [9.17, 15) is 4.39 Å². The van der Waals surface area contributed by atoms with Crippen LogP contribution in [0.15, 0.2) is 36.7 Å². The van der Waals surface area contributed by atoms with Crippen LogP contribution < -0.4 is 5.32 Å². The summed E-state index contributed by atoms with van der Waals surface area (Å²) in [6.07, 6.45) is 2.19. The van der Waals surface area contributed by atoms with Gasteiger partial charge in [-0.1, -0.05) is 18.2 Å². The van der Waals surface area contributed by atoms with E-state index in [4.69, 9.17) is 0 Å². The maximum Gasteiger partial charge on any atom is 0.138 e. The van der Waals surface area contributed by atoms with E-state index in [1.807, 2.05) is 6.07 Å². The molecule has 0 amide bonds. The first kappa shape index (κ1) is 13.0. The Morgan fingerprint density at radius 1 is 1.25 bits per heavy atom. The molecule has 0 aliphatic rings. The molecular formula is C15H14FN3S. The second-order valence-electron chi connectivity index (χ2n) is 4.57. The van der Waals surface area contributed by atoms with E-state index in [-0.39, 0.29) is 5.82 Å². The van der Waals surface area contributed by atoms with Crippen molar-refractivity contribution in [3.63, 3.8) is 0 Å². The quantitative estimate of drug-likeness (QED) is 0.793. The van der Waals surface area contributed by atoms with Crippen molar-refractivity contribution < 1.29 is 4.39 Å². The normalized spacial score (nSPS) is 10.9. The molecule has 3 aromatic rings. The molecule has 20 heavy (non-hydrogen) atoms. The first-order valence-corrected chi connectivity index (χ1v) is 7.24. The standard InChI is InChI=1S/C15H14FN3S/c1-10-8-12-14(18-9-19-15(12)20-10)17-7-6-11-4-2-3-5-13(11)16/h2-5,8-9H,6-7H2,1H3,(H,17,18,19). The van der Waals surface area contributed by atoms with Crippen LogP contribution in [0.4, 0.5) is 10.2 Å². The van der Waals surface area contributed by atoms with Gasteiger partial charge in [-0.05, 0) is 31.0 Å². The molecule has 0 atom stereocenters. The number of nitrogens with zero attached hydrogens (tertiary/aromatic N) is 2. The number of benzene rings is 1. The Hall–Kier alpha value is -2.01. The van der Waals surface area contributed by atoms with Crippen molar-refractivity contribution in [3.05, 3.63) is 52.9 Å². The van der Waals surface area contributed by atoms with Gasteiger partial charge in [0.2, 0.25) is 0 Å². The second kappa shape index (κ2) is 5.54. The third-order valence-corrected chi connectivity index (χ3v) is 4.06. The van der Waals surface area contributed by atoms with E-state index in [1.165, 1.54) is 10.9 Å². The molecule has 0 unspecified atom stereocenters. The van der Waals surface area contributed by atoms with Crippen molar-refractivity contribution in [2.24, 2.45) is 0 Å². The Morgan fingerprint density at radius 3 is 2.95 bits per heavy atom. The zero-order valence-corrected chi connectivity index (χ0v) is 11.9. The molecule has 0 saturated carbocycles. The maximum absolute atomic E-state index is 13.5. The lowest BCUT2D eigenvalue weighted by atomic mass is 10.1. The molecule has 0 bridgehead atoms. The highest BCUT2D eigenvalue weighted by molar-refractivity contribution is 7.18. The van der Waals surface area contributed by atoms with Crippen LogP contribution in [0.5, 0.6) is 0 Å². The molecule has 0 aliphatic heterocycles. The van der Waals surface area contributed by atoms with Crippen molar-refractivity contribution in [1.29, 1.82) is 0 Å². The fourth-order valence-corrected chi connectivity index (χ4v) is 2.98. The molecule has 5 heteroatoms. The molecule has 0 aliphatic carbocycles. The second-order valence-corrected chi connectivity index (χ2v) is 5.80. The minimum Gasteiger partial charge on any atom is -0.369 e. The highest BCUT2D eigenvalue weighted by atomic mass is 32.1. The van der Waals surface area contributed by atoms with Gasteiger partial charge in [-0.3, -0.25) is 0 Å². The average molecular weight is 287 g/mol. The van der Waals surface area contributed by atoms with Crippen molar-refractivity contribution in [1.82, 2.24) is 9.97 Å². The summed E-state index contributed by atoms with van der Waals surface area (Å²) in [5.41, 5.74) is 0.715. The summed E-state index contributed by atoms with van der Waals surface area (Å²) in [5, 5.41) is 4.30. The monoisotopic (exact) mass is 287 g/mol. The van der Waals surface area contributed by atoms with E-state index in [2.05, 4.69) is 28.3 Å². The van der Waals surface area contributed by atoms with Crippen molar-refractivity contribution in [2.75, 3.05) is 11.9 Å². The number of aromatic nitrogens is 2. The van der Waals surface area contributed by atoms with Crippen LogP contribution in [-0.4, -0.2) is 16.5 Å². The summed E-state index contributed by atoms with van der Waals surface area (Å²) < 4.78 is 13.5. The number of hydrogen-bond donors (Lipinski definition) is 1. The van der Waals surface area contributed by atoms with Crippen LogP contribution in [0.25, 0.3) is 10.2 Å². The van der Waals surface area contributed by atoms with Gasteiger partial charge < -0.3 is 5.32 Å². The Labute approximate surface area is 120 Å². The highest BCUT2D eigenvalue weighted by Gasteiger charge is 2.07. The molecule has 0 spiro atoms. The van der Waals surface area contributed by atoms with Crippen LogP contribution in [0.2, 0.25) is 0 Å². The third kappa shape index (κ3) is 2.63. The zero-order chi connectivity index (χ0) is 13.9. The smallest absolute Gasteiger partial charge is 0.138 e. The Kier molecular flexibility index (Phi) is 3.60. The van der Waals surface area contributed by atoms with E-state index in [0.717, 1.165) is 16.0 Å². The number of halogens is 1. The molecule has 0 radical (unpaired) electrons. The van der Waals surface area contributed by atoms with Crippen LogP contribution in [0.3, 0.4) is 0 Å². The molecule has 2 heterocycles. The SMILES string of the molecule is Cc1cc2c(NCCc3ccccc3F)ncnc2s1. The first-order valence-electron chi connectivity index (χ1n) is 6.42. The number of fused-ring (bicyclic) bond motifs is 1. The van der Waals surface area contributed by atoms with Crippen LogP contribution in [-0.2, 0) is 6.42 Å². The fourth-order valence-electron chi connectivity index (χ4n) is 2.13. The van der Waals surface area contributed by atoms with Crippen LogP contribution >= 0.6 is 11.3 Å². The van der Waals surface area contributed by atoms with Crippen molar-refractivity contribution in [3.8, 4) is 0 Å². The van der Waals surface area contributed by atoms with Crippen molar-refractivity contribution >= 4 is 27.4 Å². The number of aryl methyl sites for hydroxylation is 1. The predicted molar refractivity (Wildman–Crippen MR) is 80.7 cm³/mol. The average Bonchev–Trinajstić information content (AvgIpc) is 2.82. The third-order valence-electron chi connectivity index (χ3n) is 3.10. The van der Waals surface area contributed by atoms with Gasteiger partial charge in [-0.2, -0.15) is 0 Å². The molecule has 0 saturated heterocycles. The number of hydrogen-bond acceptors (Lipinski definition) is 4. The largest absolute Gasteiger partial charge is 0.369 e. The lowest BCUT2D eigenvalue weighted by Crippen LogP contribution is -2.07. The van der Waals surface area contributed by atoms with Gasteiger partial charge in [-0.15, -0.1) is 11.3 Å². The van der Waals surface area contributed by atoms with Gasteiger partial charge in [0.1, 0.15) is 22.8 Å². The fraction of sp³-hybridized carbons (Fsp3) is 0.200. The minimum atomic E-state index is -0.159. The number of anilines is 1. The van der Waals surface area contributed by atoms with Crippen molar-refractivity contribution in [2.45, 2.75) is 13.3 Å². The summed E-state index contributed by atoms with van der Waals surface area (Å²) in [6.45, 7) is 2.69. The molecule has 3 rings (SSSR count). The van der Waals surface area contributed by atoms with Crippen LogP contribution in [0.1, 0.15) is 10.4 Å². The summed E-state index contributed by atoms with van der Waals surface area (Å²) in [5.74, 6) is 0.657. The van der Waals surface area contributed by atoms with Gasteiger partial charge in [0.15, 0.2) is 0 Å². The molecular weight excluding hydrogens is 273 g/mol. The van der Waals surface area contributed by atoms with Crippen LogP contribution in [0, 0.1) is 12.7 Å². The van der Waals surface area contributed by atoms with Gasteiger partial charge in [0.25, 0.3) is 0 Å². The van der Waals surface area contributed by atoms with Gasteiger partial charge in [0.05, 0.1) is 5.39 Å². The van der Waals surface area contributed by atoms with E-state index < -0.39 is 0 Å². The molecule has 3 nitrogen and oxygen atoms in total. The summed E-state index contributed by atoms with van der Waals surface area (Å²) in [4.78, 5) is 10.7. The molecule has 0 fully saturated rings. The first-order chi connectivity index (χ1) is 9.74. The Morgan fingerprint density at radius 2 is 2.10 bits per heavy atom. The summed E-state index contributed by atoms with van der Waals surface area (Å²) in [7, 11) is 0. The molecule has 102 valence electrons. The van der Waals surface area contributed by atoms with Gasteiger partial charge >= 0.3 is 0 Å². The highest BCUT2D eigenvalue weighted by Crippen LogP contribution is 2.27. The lowest BCUT2D eigenvalue weighted by molar-refractivity contribution is 0.610. The number of thiophene rings is 1. The molecule has 1 N–H and O–H groups in total.